The molecular weight excluding hydrogens is 298 g/mol. The van der Waals surface area contributed by atoms with Crippen molar-refractivity contribution in [1.82, 2.24) is 4.90 Å². The van der Waals surface area contributed by atoms with Gasteiger partial charge >= 0.3 is 0 Å². The molecule has 122 valence electrons. The summed E-state index contributed by atoms with van der Waals surface area (Å²) in [5, 5.41) is 31.2. The lowest BCUT2D eigenvalue weighted by atomic mass is 9.51. The van der Waals surface area contributed by atoms with Gasteiger partial charge in [-0.1, -0.05) is 6.08 Å². The van der Waals surface area contributed by atoms with Crippen LogP contribution in [0.1, 0.15) is 19.3 Å². The third-order valence-electron chi connectivity index (χ3n) is 6.39. The maximum atomic E-state index is 12.5. The van der Waals surface area contributed by atoms with Gasteiger partial charge in [0.15, 0.2) is 17.6 Å². The van der Waals surface area contributed by atoms with Crippen molar-refractivity contribution in [3.8, 4) is 0 Å². The van der Waals surface area contributed by atoms with Gasteiger partial charge in [-0.3, -0.25) is 4.79 Å². The molecule has 0 unspecified atom stereocenters. The molecule has 23 heavy (non-hydrogen) atoms. The minimum absolute atomic E-state index is 0.0681. The molecule has 2 aliphatic heterocycles. The number of aliphatic hydroxyl groups excluding tert-OH is 1. The zero-order valence-corrected chi connectivity index (χ0v) is 12.8. The third kappa shape index (κ3) is 1.39. The van der Waals surface area contributed by atoms with Crippen LogP contribution in [0.4, 0.5) is 0 Å². The van der Waals surface area contributed by atoms with E-state index in [1.807, 2.05) is 13.1 Å². The van der Waals surface area contributed by atoms with Crippen molar-refractivity contribution in [2.24, 2.45) is 11.3 Å². The molecule has 0 aromatic heterocycles. The molecular formula is C17H19NO5. The topological polar surface area (TPSA) is 90.2 Å². The highest BCUT2D eigenvalue weighted by atomic mass is 16.6. The Kier molecular flexibility index (Phi) is 2.33. The first-order valence-corrected chi connectivity index (χ1v) is 8.07. The molecule has 0 radical (unpaired) electrons. The van der Waals surface area contributed by atoms with E-state index in [0.29, 0.717) is 6.42 Å². The van der Waals surface area contributed by atoms with Crippen molar-refractivity contribution in [3.05, 3.63) is 34.8 Å². The summed E-state index contributed by atoms with van der Waals surface area (Å²) in [4.78, 5) is 14.7. The summed E-state index contributed by atoms with van der Waals surface area (Å²) in [6, 6.07) is 0.0958. The van der Waals surface area contributed by atoms with Crippen LogP contribution in [0.2, 0.25) is 0 Å². The average molecular weight is 317 g/mol. The molecule has 1 saturated heterocycles. The van der Waals surface area contributed by atoms with Gasteiger partial charge in [0.05, 0.1) is 5.41 Å². The number of aliphatic hydroxyl groups is 3. The van der Waals surface area contributed by atoms with Gasteiger partial charge in [-0.2, -0.15) is 0 Å². The fourth-order valence-electron chi connectivity index (χ4n) is 5.45. The molecule has 2 heterocycles. The number of hydrogen-bond acceptors (Lipinski definition) is 6. The molecule has 3 aliphatic carbocycles. The second-order valence-corrected chi connectivity index (χ2v) is 7.44. The van der Waals surface area contributed by atoms with E-state index in [4.69, 9.17) is 4.74 Å². The Morgan fingerprint density at radius 2 is 2.17 bits per heavy atom. The monoisotopic (exact) mass is 317 g/mol. The van der Waals surface area contributed by atoms with Crippen LogP contribution in [-0.2, 0) is 9.53 Å². The smallest absolute Gasteiger partial charge is 0.226 e. The number of ketones is 1. The average Bonchev–Trinajstić information content (AvgIpc) is 2.84. The first-order valence-electron chi connectivity index (χ1n) is 8.07. The molecule has 4 atom stereocenters. The molecule has 0 aromatic carbocycles. The van der Waals surface area contributed by atoms with Gasteiger partial charge in [0.1, 0.15) is 5.76 Å². The van der Waals surface area contributed by atoms with E-state index in [2.05, 4.69) is 4.90 Å². The number of rotatable bonds is 0. The number of hydrogen-bond donors (Lipinski definition) is 3. The van der Waals surface area contributed by atoms with Gasteiger partial charge in [-0.15, -0.1) is 0 Å². The number of ether oxygens (including phenoxy) is 1. The Morgan fingerprint density at radius 1 is 1.39 bits per heavy atom. The Morgan fingerprint density at radius 3 is 2.96 bits per heavy atom. The van der Waals surface area contributed by atoms with Gasteiger partial charge in [0, 0.05) is 30.0 Å². The Hall–Kier alpha value is -1.63. The summed E-state index contributed by atoms with van der Waals surface area (Å²) in [5.74, 6) is -2.35. The van der Waals surface area contributed by atoms with Gasteiger partial charge in [0.2, 0.25) is 5.79 Å². The maximum absolute atomic E-state index is 12.5. The lowest BCUT2D eigenvalue weighted by Gasteiger charge is -2.57. The molecule has 6 heteroatoms. The molecule has 3 N–H and O–H groups in total. The van der Waals surface area contributed by atoms with Crippen LogP contribution < -0.4 is 0 Å². The van der Waals surface area contributed by atoms with Crippen molar-refractivity contribution in [3.63, 3.8) is 0 Å². The Labute approximate surface area is 133 Å². The lowest BCUT2D eigenvalue weighted by molar-refractivity contribution is -0.167. The van der Waals surface area contributed by atoms with E-state index >= 15 is 0 Å². The zero-order chi connectivity index (χ0) is 16.1. The molecule has 6 nitrogen and oxygen atoms in total. The fourth-order valence-corrected chi connectivity index (χ4v) is 5.45. The maximum Gasteiger partial charge on any atom is 0.226 e. The molecule has 2 fully saturated rings. The second-order valence-electron chi connectivity index (χ2n) is 7.44. The molecule has 0 aromatic rings. The molecule has 5 aliphatic rings. The molecule has 1 spiro atoms. The predicted octanol–water partition coefficient (Wildman–Crippen LogP) is 0.385. The number of nitrogens with zero attached hydrogens (tertiary/aromatic N) is 1. The van der Waals surface area contributed by atoms with Gasteiger partial charge in [0.25, 0.3) is 0 Å². The van der Waals surface area contributed by atoms with E-state index in [1.54, 1.807) is 0 Å². The third-order valence-corrected chi connectivity index (χ3v) is 6.39. The summed E-state index contributed by atoms with van der Waals surface area (Å²) >= 11 is 0. The van der Waals surface area contributed by atoms with Gasteiger partial charge < -0.3 is 25.0 Å². The summed E-state index contributed by atoms with van der Waals surface area (Å²) < 4.78 is 5.85. The van der Waals surface area contributed by atoms with Crippen LogP contribution >= 0.6 is 0 Å². The minimum atomic E-state index is -2.07. The Bertz CT molecular complexity index is 733. The normalized spacial score (nSPS) is 43.6. The number of likely N-dealkylation sites (tertiary alicyclic amines) is 1. The fraction of sp³-hybridized carbons (Fsp3) is 0.588. The number of carbonyl (C=O) groups excluding carboxylic acids is 1. The van der Waals surface area contributed by atoms with Crippen LogP contribution in [0.5, 0.6) is 0 Å². The second kappa shape index (κ2) is 3.88. The number of piperidine rings is 1. The summed E-state index contributed by atoms with van der Waals surface area (Å²) in [6.07, 6.45) is 3.81. The van der Waals surface area contributed by atoms with Crippen molar-refractivity contribution in [1.29, 1.82) is 0 Å². The van der Waals surface area contributed by atoms with E-state index in [9.17, 15) is 20.1 Å². The SMILES string of the molecule is CN1CC[C@]23C4=C5O[C@H]2C(=O)C=C(O)[C@H]3[C@H]1CC4=CCC5(O)O. The standard InChI is InChI=1S/C17H19NO5/c1-18-5-4-16-12-8-2-3-17(21,22)15(12)23-14(16)11(20)7-10(19)13(16)9(18)6-8/h2,7,9,13-14,19,21-22H,3-6H2,1H3/t9-,13-,14+,16-/m1/s1. The lowest BCUT2D eigenvalue weighted by Crippen LogP contribution is -2.63. The summed E-state index contributed by atoms with van der Waals surface area (Å²) in [5.41, 5.74) is 1.14. The molecule has 2 bridgehead atoms. The Balaban J connectivity index is 1.81. The van der Waals surface area contributed by atoms with E-state index in [1.165, 1.54) is 6.08 Å². The van der Waals surface area contributed by atoms with Crippen LogP contribution in [-0.4, -0.2) is 57.5 Å². The molecule has 0 amide bonds. The highest BCUT2D eigenvalue weighted by molar-refractivity contribution is 5.97. The van der Waals surface area contributed by atoms with Crippen molar-refractivity contribution < 1.29 is 24.9 Å². The van der Waals surface area contributed by atoms with Crippen molar-refractivity contribution in [2.45, 2.75) is 37.2 Å². The van der Waals surface area contributed by atoms with Gasteiger partial charge in [-0.05, 0) is 32.0 Å². The zero-order valence-electron chi connectivity index (χ0n) is 12.8. The van der Waals surface area contributed by atoms with Crippen molar-refractivity contribution >= 4 is 5.78 Å². The summed E-state index contributed by atoms with van der Waals surface area (Å²) in [7, 11) is 2.04. The minimum Gasteiger partial charge on any atom is -0.512 e. The molecule has 5 rings (SSSR count). The van der Waals surface area contributed by atoms with Crippen molar-refractivity contribution in [2.75, 3.05) is 13.6 Å². The first kappa shape index (κ1) is 13.8. The van der Waals surface area contributed by atoms with Crippen LogP contribution in [0.25, 0.3) is 0 Å². The van der Waals surface area contributed by atoms with Crippen LogP contribution in [0.15, 0.2) is 34.8 Å². The van der Waals surface area contributed by atoms with E-state index in [0.717, 1.165) is 24.1 Å². The highest BCUT2D eigenvalue weighted by Gasteiger charge is 2.69. The quantitative estimate of drug-likeness (QED) is 0.560. The molecule has 1 saturated carbocycles. The summed E-state index contributed by atoms with van der Waals surface area (Å²) in [6.45, 7) is 0.787. The van der Waals surface area contributed by atoms with Crippen LogP contribution in [0.3, 0.4) is 0 Å². The highest BCUT2D eigenvalue weighted by Crippen LogP contribution is 2.66. The van der Waals surface area contributed by atoms with Crippen LogP contribution in [0, 0.1) is 11.3 Å². The predicted molar refractivity (Wildman–Crippen MR) is 79.1 cm³/mol. The number of carbonyl (C=O) groups is 1. The largest absolute Gasteiger partial charge is 0.512 e. The van der Waals surface area contributed by atoms with E-state index < -0.39 is 17.3 Å². The first-order chi connectivity index (χ1) is 10.9. The van der Waals surface area contributed by atoms with Gasteiger partial charge in [-0.25, -0.2) is 0 Å². The van der Waals surface area contributed by atoms with E-state index in [-0.39, 0.29) is 35.7 Å².